The van der Waals surface area contributed by atoms with Crippen molar-refractivity contribution in [2.45, 2.75) is 0 Å². The van der Waals surface area contributed by atoms with Gasteiger partial charge in [0.25, 0.3) is 5.91 Å². The topological polar surface area (TPSA) is 65.9 Å². The molecule has 6 nitrogen and oxygen atoms in total. The van der Waals surface area contributed by atoms with Gasteiger partial charge in [-0.3, -0.25) is 10.1 Å². The number of nitrogens with one attached hydrogen (secondary N) is 3. The first-order valence-electron chi connectivity index (χ1n) is 6.94. The van der Waals surface area contributed by atoms with Crippen molar-refractivity contribution in [2.24, 2.45) is 0 Å². The molecule has 3 amide bonds. The van der Waals surface area contributed by atoms with Gasteiger partial charge in [0.15, 0.2) is 6.54 Å². The second kappa shape index (κ2) is 7.28. The summed E-state index contributed by atoms with van der Waals surface area (Å²) in [6.07, 6.45) is 0. The number of imide groups is 1. The predicted octanol–water partition coefficient (Wildman–Crippen LogP) is -0.499. The van der Waals surface area contributed by atoms with Gasteiger partial charge in [-0.15, -0.1) is 0 Å². The lowest BCUT2D eigenvalue weighted by atomic mass is 10.2. The molecule has 0 bridgehead atoms. The Morgan fingerprint density at radius 1 is 1.33 bits per heavy atom. The van der Waals surface area contributed by atoms with E-state index in [1.807, 2.05) is 24.3 Å². The molecule has 0 radical (unpaired) electrons. The van der Waals surface area contributed by atoms with Gasteiger partial charge in [0, 0.05) is 17.8 Å². The van der Waals surface area contributed by atoms with E-state index in [2.05, 4.69) is 15.5 Å². The Bertz CT molecular complexity index is 515. The maximum Gasteiger partial charge on any atom is 0.321 e. The van der Waals surface area contributed by atoms with Gasteiger partial charge >= 0.3 is 6.03 Å². The first kappa shape index (κ1) is 15.6. The molecule has 1 heterocycles. The Kier molecular flexibility index (Phi) is 5.41. The number of carbonyl (C=O) groups excluding carboxylic acids is 2. The Balaban J connectivity index is 1.80. The predicted molar refractivity (Wildman–Crippen MR) is 81.8 cm³/mol. The highest BCUT2D eigenvalue weighted by molar-refractivity contribution is 6.30. The van der Waals surface area contributed by atoms with E-state index in [1.54, 1.807) is 0 Å². The second-order valence-electron chi connectivity index (χ2n) is 5.02. The number of piperazine rings is 1. The van der Waals surface area contributed by atoms with E-state index in [1.165, 1.54) is 11.9 Å². The molecule has 0 aliphatic carbocycles. The number of benzene rings is 1. The number of urea groups is 1. The van der Waals surface area contributed by atoms with Crippen LogP contribution in [0.2, 0.25) is 5.02 Å². The van der Waals surface area contributed by atoms with E-state index >= 15 is 0 Å². The van der Waals surface area contributed by atoms with E-state index in [0.717, 1.165) is 36.9 Å². The number of nitrogens with zero attached hydrogens (tertiary/aromatic N) is 1. The normalized spacial score (nSPS) is 15.6. The summed E-state index contributed by atoms with van der Waals surface area (Å²) in [7, 11) is 1.49. The Morgan fingerprint density at radius 2 is 2.05 bits per heavy atom. The van der Waals surface area contributed by atoms with E-state index in [0.29, 0.717) is 6.54 Å². The fraction of sp³-hybridized carbons (Fsp3) is 0.429. The van der Waals surface area contributed by atoms with E-state index in [4.69, 9.17) is 11.6 Å². The number of halogens is 1. The van der Waals surface area contributed by atoms with Crippen molar-refractivity contribution in [1.29, 1.82) is 0 Å². The zero-order valence-corrected chi connectivity index (χ0v) is 12.7. The highest BCUT2D eigenvalue weighted by Crippen LogP contribution is 2.19. The Hall–Kier alpha value is -1.79. The van der Waals surface area contributed by atoms with E-state index < -0.39 is 6.03 Å². The first-order chi connectivity index (χ1) is 10.1. The Morgan fingerprint density at radius 3 is 2.67 bits per heavy atom. The molecule has 0 unspecified atom stereocenters. The minimum Gasteiger partial charge on any atom is -0.360 e. The van der Waals surface area contributed by atoms with Crippen LogP contribution in [0.5, 0.6) is 0 Å². The molecule has 2 rings (SSSR count). The quantitative estimate of drug-likeness (QED) is 0.705. The van der Waals surface area contributed by atoms with Crippen molar-refractivity contribution in [3.05, 3.63) is 29.3 Å². The van der Waals surface area contributed by atoms with Crippen molar-refractivity contribution in [3.63, 3.8) is 0 Å². The Labute approximate surface area is 129 Å². The molecule has 1 aliphatic heterocycles. The van der Waals surface area contributed by atoms with Gasteiger partial charge in [-0.1, -0.05) is 17.7 Å². The molecule has 21 heavy (non-hydrogen) atoms. The summed E-state index contributed by atoms with van der Waals surface area (Å²) in [5.74, 6) is -0.249. The van der Waals surface area contributed by atoms with E-state index in [9.17, 15) is 9.59 Å². The summed E-state index contributed by atoms with van der Waals surface area (Å²) in [6.45, 7) is 3.75. The van der Waals surface area contributed by atoms with Crippen LogP contribution in [0.25, 0.3) is 0 Å². The molecule has 0 aromatic heterocycles. The summed E-state index contributed by atoms with van der Waals surface area (Å²) in [5, 5.41) is 5.38. The van der Waals surface area contributed by atoms with Crippen LogP contribution in [0, 0.1) is 0 Å². The fourth-order valence-electron chi connectivity index (χ4n) is 2.39. The number of rotatable bonds is 3. The second-order valence-corrected chi connectivity index (χ2v) is 5.46. The monoisotopic (exact) mass is 311 g/mol. The molecule has 7 heteroatoms. The SMILES string of the molecule is CNC(=O)NC(=O)C[NH+]1CCN(c2cccc(Cl)c2)CC1. The van der Waals surface area contributed by atoms with Crippen LogP contribution in [0.4, 0.5) is 10.5 Å². The molecule has 1 aliphatic rings. The van der Waals surface area contributed by atoms with Crippen LogP contribution in [-0.2, 0) is 4.79 Å². The summed E-state index contributed by atoms with van der Waals surface area (Å²) in [6, 6.07) is 7.32. The highest BCUT2D eigenvalue weighted by atomic mass is 35.5. The van der Waals surface area contributed by atoms with Crippen LogP contribution in [0.3, 0.4) is 0 Å². The van der Waals surface area contributed by atoms with Gasteiger partial charge < -0.3 is 15.1 Å². The third-order valence-corrected chi connectivity index (χ3v) is 3.77. The molecule has 0 spiro atoms. The smallest absolute Gasteiger partial charge is 0.321 e. The van der Waals surface area contributed by atoms with Crippen LogP contribution < -0.4 is 20.4 Å². The average Bonchev–Trinajstić information content (AvgIpc) is 2.47. The largest absolute Gasteiger partial charge is 0.360 e. The molecular weight excluding hydrogens is 292 g/mol. The number of hydrogen-bond acceptors (Lipinski definition) is 3. The van der Waals surface area contributed by atoms with Gasteiger partial charge in [0.05, 0.1) is 26.2 Å². The maximum absolute atomic E-state index is 11.7. The van der Waals surface area contributed by atoms with Crippen LogP contribution in [0.15, 0.2) is 24.3 Å². The van der Waals surface area contributed by atoms with Crippen LogP contribution in [0.1, 0.15) is 0 Å². The molecular formula is C14H20ClN4O2+. The average molecular weight is 312 g/mol. The zero-order valence-electron chi connectivity index (χ0n) is 12.0. The fourth-order valence-corrected chi connectivity index (χ4v) is 2.58. The summed E-state index contributed by atoms with van der Waals surface area (Å²) >= 11 is 6.00. The number of carbonyl (C=O) groups is 2. The van der Waals surface area contributed by atoms with Gasteiger partial charge in [-0.05, 0) is 18.2 Å². The lowest BCUT2D eigenvalue weighted by Crippen LogP contribution is -3.16. The maximum atomic E-state index is 11.7. The molecule has 1 aromatic rings. The molecule has 114 valence electrons. The zero-order chi connectivity index (χ0) is 15.2. The number of amides is 3. The van der Waals surface area contributed by atoms with Gasteiger partial charge in [-0.2, -0.15) is 0 Å². The van der Waals surface area contributed by atoms with Crippen LogP contribution >= 0.6 is 11.6 Å². The van der Waals surface area contributed by atoms with Gasteiger partial charge in [0.1, 0.15) is 0 Å². The van der Waals surface area contributed by atoms with Crippen molar-refractivity contribution < 1.29 is 14.5 Å². The van der Waals surface area contributed by atoms with Gasteiger partial charge in [-0.25, -0.2) is 4.79 Å². The molecule has 1 aromatic carbocycles. The van der Waals surface area contributed by atoms with Gasteiger partial charge in [0.2, 0.25) is 0 Å². The first-order valence-corrected chi connectivity index (χ1v) is 7.32. The highest BCUT2D eigenvalue weighted by Gasteiger charge is 2.22. The molecule has 3 N–H and O–H groups in total. The van der Waals surface area contributed by atoms with Crippen molar-refractivity contribution in [2.75, 3.05) is 44.7 Å². The van der Waals surface area contributed by atoms with Crippen LogP contribution in [-0.4, -0.2) is 51.7 Å². The molecule has 0 saturated carbocycles. The van der Waals surface area contributed by atoms with E-state index in [-0.39, 0.29) is 5.91 Å². The molecule has 0 atom stereocenters. The van der Waals surface area contributed by atoms with Crippen molar-refractivity contribution in [3.8, 4) is 0 Å². The number of hydrogen-bond donors (Lipinski definition) is 3. The molecule has 1 fully saturated rings. The third kappa shape index (κ3) is 4.61. The minimum atomic E-state index is -0.461. The lowest BCUT2D eigenvalue weighted by molar-refractivity contribution is -0.892. The number of anilines is 1. The summed E-state index contributed by atoms with van der Waals surface area (Å²) in [4.78, 5) is 26.1. The summed E-state index contributed by atoms with van der Waals surface area (Å²) in [5.41, 5.74) is 1.11. The number of quaternary nitrogens is 1. The minimum absolute atomic E-state index is 0.249. The third-order valence-electron chi connectivity index (χ3n) is 3.53. The standard InChI is InChI=1S/C14H19ClN4O2/c1-16-14(21)17-13(20)10-18-5-7-19(8-6-18)12-4-2-3-11(15)9-12/h2-4,9H,5-8,10H2,1H3,(H2,16,17,20,21)/p+1. The summed E-state index contributed by atoms with van der Waals surface area (Å²) < 4.78 is 0. The van der Waals surface area contributed by atoms with Crippen molar-refractivity contribution >= 4 is 29.2 Å². The lowest BCUT2D eigenvalue weighted by Gasteiger charge is -2.33. The van der Waals surface area contributed by atoms with Crippen molar-refractivity contribution in [1.82, 2.24) is 10.6 Å². The molecule has 1 saturated heterocycles.